The highest BCUT2D eigenvalue weighted by Crippen LogP contribution is 2.29. The minimum absolute atomic E-state index is 0.878. The molecule has 0 aliphatic rings. The van der Waals surface area contributed by atoms with Gasteiger partial charge >= 0.3 is 0 Å². The van der Waals surface area contributed by atoms with Gasteiger partial charge in [-0.25, -0.2) is 0 Å². The summed E-state index contributed by atoms with van der Waals surface area (Å²) in [5.41, 5.74) is 7.16. The molecule has 0 N–H and O–H groups in total. The molecule has 3 aromatic rings. The van der Waals surface area contributed by atoms with Crippen LogP contribution in [0.4, 0.5) is 0 Å². The van der Waals surface area contributed by atoms with Crippen LogP contribution in [-0.4, -0.2) is 5.16 Å². The molecule has 0 aliphatic heterocycles. The summed E-state index contributed by atoms with van der Waals surface area (Å²) in [6.45, 7) is 10.1. The maximum absolute atomic E-state index is 5.30. The van der Waals surface area contributed by atoms with Gasteiger partial charge in [0.15, 0.2) is 0 Å². The number of hydrogen-bond donors (Lipinski definition) is 0. The molecule has 1 heterocycles. The summed E-state index contributed by atoms with van der Waals surface area (Å²) in [5, 5.41) is 4.06. The van der Waals surface area contributed by atoms with Gasteiger partial charge in [-0.15, -0.1) is 0 Å². The normalized spacial score (nSPS) is 10.1. The first-order valence-corrected chi connectivity index (χ1v) is 8.21. The molecule has 1 aromatic heterocycles. The maximum Gasteiger partial charge on any atom is 0.141 e. The van der Waals surface area contributed by atoms with Crippen LogP contribution in [-0.2, 0) is 6.42 Å². The molecule has 0 saturated heterocycles. The van der Waals surface area contributed by atoms with E-state index < -0.39 is 0 Å². The predicted molar refractivity (Wildman–Crippen MR) is 96.7 cm³/mol. The third-order valence-electron chi connectivity index (χ3n) is 3.71. The second kappa shape index (κ2) is 7.77. The predicted octanol–water partition coefficient (Wildman–Crippen LogP) is 5.88. The maximum atomic E-state index is 5.30. The van der Waals surface area contributed by atoms with E-state index in [1.807, 2.05) is 27.7 Å². The highest BCUT2D eigenvalue weighted by molar-refractivity contribution is 5.69. The Labute approximate surface area is 139 Å². The lowest BCUT2D eigenvalue weighted by Crippen LogP contribution is -1.91. The number of rotatable bonds is 3. The molecule has 3 rings (SSSR count). The molecule has 0 spiro atoms. The summed E-state index contributed by atoms with van der Waals surface area (Å²) < 4.78 is 5.30. The van der Waals surface area contributed by atoms with E-state index in [1.165, 1.54) is 22.3 Å². The highest BCUT2D eigenvalue weighted by Gasteiger charge is 2.12. The first kappa shape index (κ1) is 17.0. The molecule has 0 unspecified atom stereocenters. The van der Waals surface area contributed by atoms with Crippen molar-refractivity contribution in [2.24, 2.45) is 0 Å². The lowest BCUT2D eigenvalue weighted by atomic mass is 9.96. The first-order valence-electron chi connectivity index (χ1n) is 8.21. The molecule has 0 saturated carbocycles. The lowest BCUT2D eigenvalue weighted by Gasteiger charge is -2.08. The van der Waals surface area contributed by atoms with Crippen LogP contribution in [0.3, 0.4) is 0 Å². The molecular formula is C21H25NO. The minimum atomic E-state index is 0.878. The Morgan fingerprint density at radius 3 is 2.17 bits per heavy atom. The van der Waals surface area contributed by atoms with E-state index in [0.717, 1.165) is 23.4 Å². The monoisotopic (exact) mass is 307 g/mol. The van der Waals surface area contributed by atoms with Gasteiger partial charge in [-0.3, -0.25) is 0 Å². The molecule has 0 radical (unpaired) electrons. The fraction of sp³-hybridized carbons (Fsp3) is 0.286. The molecule has 0 bridgehead atoms. The van der Waals surface area contributed by atoms with Crippen molar-refractivity contribution < 1.29 is 4.52 Å². The quantitative estimate of drug-likeness (QED) is 0.603. The van der Waals surface area contributed by atoms with Crippen molar-refractivity contribution in [3.05, 3.63) is 76.7 Å². The highest BCUT2D eigenvalue weighted by atomic mass is 16.5. The summed E-state index contributed by atoms with van der Waals surface area (Å²) in [5.74, 6) is 0.878. The first-order chi connectivity index (χ1) is 11.1. The summed E-state index contributed by atoms with van der Waals surface area (Å²) >= 11 is 0. The number of nitrogens with zero attached hydrogens (tertiary/aromatic N) is 1. The number of benzene rings is 2. The van der Waals surface area contributed by atoms with E-state index >= 15 is 0 Å². The minimum Gasteiger partial charge on any atom is -0.361 e. The van der Waals surface area contributed by atoms with Crippen LogP contribution in [0.15, 0.2) is 53.1 Å². The van der Waals surface area contributed by atoms with E-state index in [4.69, 9.17) is 4.52 Å². The summed E-state index contributed by atoms with van der Waals surface area (Å²) in [6.07, 6.45) is 0.943. The van der Waals surface area contributed by atoms with Gasteiger partial charge in [-0.05, 0) is 43.9 Å². The van der Waals surface area contributed by atoms with Gasteiger partial charge in [0, 0.05) is 5.56 Å². The fourth-order valence-electron chi connectivity index (χ4n) is 2.84. The molecule has 23 heavy (non-hydrogen) atoms. The van der Waals surface area contributed by atoms with Gasteiger partial charge in [0.05, 0.1) is 5.69 Å². The SMILES string of the molecule is CC.Cc1cc(Cc2ccccc2)cc(-c2c(C)noc2C)c1. The van der Waals surface area contributed by atoms with E-state index in [0.29, 0.717) is 0 Å². The molecule has 2 aromatic carbocycles. The Balaban J connectivity index is 0.000000924. The summed E-state index contributed by atoms with van der Waals surface area (Å²) in [7, 11) is 0. The van der Waals surface area contributed by atoms with E-state index in [1.54, 1.807) is 0 Å². The zero-order valence-corrected chi connectivity index (χ0v) is 14.7. The second-order valence-electron chi connectivity index (χ2n) is 5.57. The van der Waals surface area contributed by atoms with Crippen LogP contribution in [0.2, 0.25) is 0 Å². The average molecular weight is 307 g/mol. The van der Waals surface area contributed by atoms with E-state index in [2.05, 4.69) is 60.6 Å². The van der Waals surface area contributed by atoms with Crippen molar-refractivity contribution in [1.82, 2.24) is 5.16 Å². The lowest BCUT2D eigenvalue weighted by molar-refractivity contribution is 0.393. The molecule has 2 heteroatoms. The average Bonchev–Trinajstić information content (AvgIpc) is 2.88. The number of hydrogen-bond acceptors (Lipinski definition) is 2. The second-order valence-corrected chi connectivity index (χ2v) is 5.57. The van der Waals surface area contributed by atoms with Crippen LogP contribution in [0.1, 0.15) is 42.0 Å². The van der Waals surface area contributed by atoms with Crippen molar-refractivity contribution in [3.8, 4) is 11.1 Å². The standard InChI is InChI=1S/C19H19NO.C2H6/c1-13-9-17(11-16-7-5-4-6-8-16)12-18(10-13)19-14(2)20-21-15(19)3;1-2/h4-10,12H,11H2,1-3H3;1-2H3. The Morgan fingerprint density at radius 2 is 1.57 bits per heavy atom. The molecule has 0 aliphatic carbocycles. The van der Waals surface area contributed by atoms with Crippen molar-refractivity contribution in [1.29, 1.82) is 0 Å². The van der Waals surface area contributed by atoms with Gasteiger partial charge in [-0.1, -0.05) is 73.1 Å². The van der Waals surface area contributed by atoms with Crippen LogP contribution < -0.4 is 0 Å². The van der Waals surface area contributed by atoms with Crippen molar-refractivity contribution >= 4 is 0 Å². The zero-order valence-electron chi connectivity index (χ0n) is 14.7. The topological polar surface area (TPSA) is 26.0 Å². The molecule has 2 nitrogen and oxygen atoms in total. The van der Waals surface area contributed by atoms with Crippen LogP contribution in [0.5, 0.6) is 0 Å². The fourth-order valence-corrected chi connectivity index (χ4v) is 2.84. The molecule has 0 amide bonds. The smallest absolute Gasteiger partial charge is 0.141 e. The van der Waals surface area contributed by atoms with Crippen molar-refractivity contribution in [2.45, 2.75) is 41.0 Å². The summed E-state index contributed by atoms with van der Waals surface area (Å²) in [4.78, 5) is 0. The van der Waals surface area contributed by atoms with Gasteiger partial charge in [-0.2, -0.15) is 0 Å². The van der Waals surface area contributed by atoms with E-state index in [9.17, 15) is 0 Å². The van der Waals surface area contributed by atoms with Crippen molar-refractivity contribution in [2.75, 3.05) is 0 Å². The number of aryl methyl sites for hydroxylation is 3. The third-order valence-corrected chi connectivity index (χ3v) is 3.71. The molecular weight excluding hydrogens is 282 g/mol. The third kappa shape index (κ3) is 4.10. The molecule has 0 atom stereocenters. The van der Waals surface area contributed by atoms with Crippen molar-refractivity contribution in [3.63, 3.8) is 0 Å². The molecule has 0 fully saturated rings. The van der Waals surface area contributed by atoms with Crippen LogP contribution in [0, 0.1) is 20.8 Å². The Bertz CT molecular complexity index is 737. The number of aromatic nitrogens is 1. The Hall–Kier alpha value is -2.35. The Kier molecular flexibility index (Phi) is 5.75. The Morgan fingerprint density at radius 1 is 0.870 bits per heavy atom. The largest absolute Gasteiger partial charge is 0.361 e. The van der Waals surface area contributed by atoms with Gasteiger partial charge in [0.1, 0.15) is 5.76 Å². The summed E-state index contributed by atoms with van der Waals surface area (Å²) in [6, 6.07) is 17.2. The zero-order chi connectivity index (χ0) is 16.8. The van der Waals surface area contributed by atoms with Gasteiger partial charge in [0.25, 0.3) is 0 Å². The van der Waals surface area contributed by atoms with E-state index in [-0.39, 0.29) is 0 Å². The van der Waals surface area contributed by atoms with Crippen LogP contribution in [0.25, 0.3) is 11.1 Å². The van der Waals surface area contributed by atoms with Crippen LogP contribution >= 0.6 is 0 Å². The van der Waals surface area contributed by atoms with Gasteiger partial charge in [0.2, 0.25) is 0 Å². The molecule has 120 valence electrons. The van der Waals surface area contributed by atoms with Gasteiger partial charge < -0.3 is 4.52 Å².